The first-order chi connectivity index (χ1) is 13.7. The SMILES string of the molecule is Brc1cc2ccc3cc4c(ccc5cc(CCC6CCCC6)sc54)cc3c2s1. The van der Waals surface area contributed by atoms with Gasteiger partial charge in [0.15, 0.2) is 0 Å². The highest BCUT2D eigenvalue weighted by atomic mass is 79.9. The highest BCUT2D eigenvalue weighted by Gasteiger charge is 2.16. The second kappa shape index (κ2) is 6.83. The van der Waals surface area contributed by atoms with Crippen molar-refractivity contribution in [2.24, 2.45) is 5.92 Å². The third kappa shape index (κ3) is 2.91. The molecule has 0 bridgehead atoms. The van der Waals surface area contributed by atoms with Crippen molar-refractivity contribution in [3.05, 3.63) is 57.2 Å². The largest absolute Gasteiger partial charge is 0.140 e. The van der Waals surface area contributed by atoms with Gasteiger partial charge in [-0.05, 0) is 80.5 Å². The summed E-state index contributed by atoms with van der Waals surface area (Å²) < 4.78 is 4.05. The maximum Gasteiger partial charge on any atom is 0.0711 e. The fourth-order valence-electron chi connectivity index (χ4n) is 4.93. The molecule has 28 heavy (non-hydrogen) atoms. The average Bonchev–Trinajstić information content (AvgIpc) is 3.43. The van der Waals surface area contributed by atoms with Crippen molar-refractivity contribution in [2.75, 3.05) is 0 Å². The molecular formula is C25H21BrS2. The third-order valence-corrected chi connectivity index (χ3v) is 9.34. The van der Waals surface area contributed by atoms with Crippen molar-refractivity contribution in [3.63, 3.8) is 0 Å². The molecule has 1 fully saturated rings. The van der Waals surface area contributed by atoms with E-state index in [1.165, 1.54) is 84.0 Å². The van der Waals surface area contributed by atoms with Crippen molar-refractivity contribution >= 4 is 80.3 Å². The number of halogens is 1. The van der Waals surface area contributed by atoms with E-state index < -0.39 is 0 Å². The zero-order valence-electron chi connectivity index (χ0n) is 15.6. The van der Waals surface area contributed by atoms with Gasteiger partial charge >= 0.3 is 0 Å². The van der Waals surface area contributed by atoms with Crippen molar-refractivity contribution in [3.8, 4) is 0 Å². The molecule has 0 atom stereocenters. The van der Waals surface area contributed by atoms with Crippen LogP contribution >= 0.6 is 38.6 Å². The van der Waals surface area contributed by atoms with Crippen LogP contribution in [0, 0.1) is 5.92 Å². The smallest absolute Gasteiger partial charge is 0.0711 e. The van der Waals surface area contributed by atoms with Crippen LogP contribution in [0.25, 0.3) is 41.7 Å². The number of fused-ring (bicyclic) bond motifs is 6. The highest BCUT2D eigenvalue weighted by molar-refractivity contribution is 9.11. The van der Waals surface area contributed by atoms with E-state index in [-0.39, 0.29) is 0 Å². The summed E-state index contributed by atoms with van der Waals surface area (Å²) in [5, 5.41) is 8.24. The zero-order chi connectivity index (χ0) is 18.7. The molecule has 1 aliphatic rings. The van der Waals surface area contributed by atoms with E-state index >= 15 is 0 Å². The first-order valence-corrected chi connectivity index (χ1v) is 12.6. The third-order valence-electron chi connectivity index (χ3n) is 6.41. The minimum absolute atomic E-state index is 0.971. The van der Waals surface area contributed by atoms with Gasteiger partial charge in [0.25, 0.3) is 0 Å². The molecule has 0 saturated heterocycles. The van der Waals surface area contributed by atoms with Gasteiger partial charge in [0, 0.05) is 25.0 Å². The summed E-state index contributed by atoms with van der Waals surface area (Å²) in [6, 6.07) is 18.6. The Morgan fingerprint density at radius 1 is 0.750 bits per heavy atom. The molecule has 1 aliphatic carbocycles. The maximum atomic E-state index is 3.65. The van der Waals surface area contributed by atoms with Gasteiger partial charge in [0.1, 0.15) is 0 Å². The predicted octanol–water partition coefficient (Wildman–Crippen LogP) is 9.31. The Hall–Kier alpha value is -1.42. The standard InChI is InChI=1S/C25H21BrS2/c26-23-14-19-9-7-17-12-21-16(13-22(17)25(19)28-23)6-8-18-11-20(27-24(18)21)10-5-15-3-1-2-4-15/h6-9,11-15H,1-5,10H2. The van der Waals surface area contributed by atoms with Crippen LogP contribution in [-0.2, 0) is 6.42 Å². The Morgan fingerprint density at radius 3 is 2.07 bits per heavy atom. The predicted molar refractivity (Wildman–Crippen MR) is 130 cm³/mol. The Morgan fingerprint density at radius 2 is 1.36 bits per heavy atom. The molecule has 3 aromatic carbocycles. The average molecular weight is 465 g/mol. The van der Waals surface area contributed by atoms with Gasteiger partial charge in [-0.15, -0.1) is 22.7 Å². The summed E-state index contributed by atoms with van der Waals surface area (Å²) >= 11 is 7.51. The van der Waals surface area contributed by atoms with E-state index in [1.54, 1.807) is 4.88 Å². The quantitative estimate of drug-likeness (QED) is 0.233. The first-order valence-electron chi connectivity index (χ1n) is 10.2. The Bertz CT molecular complexity index is 1330. The monoisotopic (exact) mass is 464 g/mol. The summed E-state index contributed by atoms with van der Waals surface area (Å²) in [6.07, 6.45) is 8.42. The summed E-state index contributed by atoms with van der Waals surface area (Å²) in [6.45, 7) is 0. The summed E-state index contributed by atoms with van der Waals surface area (Å²) in [7, 11) is 0. The normalized spacial score (nSPS) is 15.6. The molecular weight excluding hydrogens is 444 g/mol. The fourth-order valence-corrected chi connectivity index (χ4v) is 7.77. The number of benzene rings is 3. The Balaban J connectivity index is 1.47. The van der Waals surface area contributed by atoms with Gasteiger partial charge in [-0.1, -0.05) is 49.9 Å². The molecule has 1 saturated carbocycles. The van der Waals surface area contributed by atoms with E-state index in [2.05, 4.69) is 64.5 Å². The molecule has 0 aliphatic heterocycles. The van der Waals surface area contributed by atoms with Crippen molar-refractivity contribution in [1.29, 1.82) is 0 Å². The van der Waals surface area contributed by atoms with E-state index in [4.69, 9.17) is 0 Å². The van der Waals surface area contributed by atoms with E-state index in [0.717, 1.165) is 5.92 Å². The molecule has 5 aromatic rings. The first kappa shape index (κ1) is 17.4. The lowest BCUT2D eigenvalue weighted by Crippen LogP contribution is -1.94. The number of thiophene rings is 2. The van der Waals surface area contributed by atoms with Crippen LogP contribution in [0.4, 0.5) is 0 Å². The molecule has 6 rings (SSSR count). The second-order valence-corrected chi connectivity index (χ2v) is 11.8. The van der Waals surface area contributed by atoms with Crippen LogP contribution in [0.2, 0.25) is 0 Å². The van der Waals surface area contributed by atoms with Crippen LogP contribution in [0.15, 0.2) is 52.3 Å². The lowest BCUT2D eigenvalue weighted by molar-refractivity contribution is 0.506. The van der Waals surface area contributed by atoms with E-state index in [9.17, 15) is 0 Å². The van der Waals surface area contributed by atoms with Crippen molar-refractivity contribution in [1.82, 2.24) is 0 Å². The molecule has 0 radical (unpaired) electrons. The topological polar surface area (TPSA) is 0 Å². The van der Waals surface area contributed by atoms with Crippen LogP contribution in [0.3, 0.4) is 0 Å². The zero-order valence-corrected chi connectivity index (χ0v) is 18.9. The van der Waals surface area contributed by atoms with Gasteiger partial charge in [0.2, 0.25) is 0 Å². The number of rotatable bonds is 3. The minimum atomic E-state index is 0.971. The summed E-state index contributed by atoms with van der Waals surface area (Å²) in [4.78, 5) is 1.56. The molecule has 0 N–H and O–H groups in total. The number of aryl methyl sites for hydroxylation is 1. The highest BCUT2D eigenvalue weighted by Crippen LogP contribution is 2.40. The molecule has 2 heterocycles. The Kier molecular flexibility index (Phi) is 4.25. The molecule has 3 heteroatoms. The van der Waals surface area contributed by atoms with E-state index in [0.29, 0.717) is 0 Å². The second-order valence-electron chi connectivity index (χ2n) is 8.21. The van der Waals surface area contributed by atoms with Crippen LogP contribution < -0.4 is 0 Å². The lowest BCUT2D eigenvalue weighted by atomic mass is 10.0. The van der Waals surface area contributed by atoms with Gasteiger partial charge in [-0.3, -0.25) is 0 Å². The molecule has 0 spiro atoms. The van der Waals surface area contributed by atoms with Crippen LogP contribution in [0.5, 0.6) is 0 Å². The summed E-state index contributed by atoms with van der Waals surface area (Å²) in [5.74, 6) is 0.971. The summed E-state index contributed by atoms with van der Waals surface area (Å²) in [5.41, 5.74) is 0. The number of hydrogen-bond acceptors (Lipinski definition) is 2. The van der Waals surface area contributed by atoms with Crippen molar-refractivity contribution in [2.45, 2.75) is 38.5 Å². The molecule has 0 nitrogen and oxygen atoms in total. The van der Waals surface area contributed by atoms with Gasteiger partial charge in [-0.2, -0.15) is 0 Å². The van der Waals surface area contributed by atoms with Crippen LogP contribution in [0.1, 0.15) is 37.0 Å². The maximum absolute atomic E-state index is 3.65. The molecule has 0 amide bonds. The minimum Gasteiger partial charge on any atom is -0.140 e. The lowest BCUT2D eigenvalue weighted by Gasteiger charge is -2.06. The molecule has 0 unspecified atom stereocenters. The van der Waals surface area contributed by atoms with Crippen LogP contribution in [-0.4, -0.2) is 0 Å². The van der Waals surface area contributed by atoms with E-state index in [1.807, 2.05) is 22.7 Å². The molecule has 140 valence electrons. The van der Waals surface area contributed by atoms with Gasteiger partial charge < -0.3 is 0 Å². The van der Waals surface area contributed by atoms with Gasteiger partial charge in [0.05, 0.1) is 3.79 Å². The Labute approximate surface area is 181 Å². The number of hydrogen-bond donors (Lipinski definition) is 0. The van der Waals surface area contributed by atoms with Crippen molar-refractivity contribution < 1.29 is 0 Å². The fraction of sp³-hybridized carbons (Fsp3) is 0.280. The van der Waals surface area contributed by atoms with Gasteiger partial charge in [-0.25, -0.2) is 0 Å². The molecule has 2 aromatic heterocycles.